The van der Waals surface area contributed by atoms with Crippen LogP contribution >= 0.6 is 0 Å². The molecule has 0 saturated heterocycles. The number of nitrogens with one attached hydrogen (secondary N) is 3. The van der Waals surface area contributed by atoms with Gasteiger partial charge in [0.15, 0.2) is 6.10 Å². The molecule has 0 radical (unpaired) electrons. The second-order valence-electron chi connectivity index (χ2n) is 10.9. The third kappa shape index (κ3) is 11.1. The number of nitrogens with zero attached hydrogens (tertiary/aromatic N) is 1. The van der Waals surface area contributed by atoms with Crippen molar-refractivity contribution in [1.29, 1.82) is 5.41 Å². The third-order valence-electron chi connectivity index (χ3n) is 7.49. The second-order valence-corrected chi connectivity index (χ2v) is 10.9. The Labute approximate surface area is 294 Å². The minimum Gasteiger partial charge on any atom is -0.479 e. The van der Waals surface area contributed by atoms with Crippen molar-refractivity contribution in [2.75, 3.05) is 12.3 Å². The Bertz CT molecular complexity index is 1830. The van der Waals surface area contributed by atoms with Crippen LogP contribution in [0.4, 0.5) is 5.69 Å². The molecule has 0 saturated carbocycles. The SMILES string of the molecule is CC.CC.N=C(CC(O)C(=O)O)c1ccc(-c2nc(-c3ccc(N)cc3)[nH]c2-c2ccc(/C=C/C(=O)NCCCc3ccccc3)cc2)cc1. The number of carboxylic acids is 1. The number of hydrogen-bond acceptors (Lipinski definition) is 6. The van der Waals surface area contributed by atoms with Gasteiger partial charge in [-0.3, -0.25) is 4.79 Å². The first kappa shape index (κ1) is 38.6. The van der Waals surface area contributed by atoms with Gasteiger partial charge >= 0.3 is 5.97 Å². The van der Waals surface area contributed by atoms with Crippen molar-refractivity contribution in [3.63, 3.8) is 0 Å². The van der Waals surface area contributed by atoms with Gasteiger partial charge in [0, 0.05) is 47.1 Å². The molecule has 5 aromatic rings. The van der Waals surface area contributed by atoms with Gasteiger partial charge in [0.05, 0.1) is 11.4 Å². The molecular weight excluding hydrogens is 626 g/mol. The molecule has 0 aliphatic heterocycles. The molecule has 50 heavy (non-hydrogen) atoms. The zero-order valence-corrected chi connectivity index (χ0v) is 29.1. The number of rotatable bonds is 13. The van der Waals surface area contributed by atoms with Crippen molar-refractivity contribution in [2.24, 2.45) is 0 Å². The summed E-state index contributed by atoms with van der Waals surface area (Å²) in [5.41, 5.74) is 13.2. The van der Waals surface area contributed by atoms with Crippen LogP contribution < -0.4 is 11.1 Å². The Hall–Kier alpha value is -5.80. The minimum absolute atomic E-state index is 0.0239. The molecule has 9 heteroatoms. The lowest BCUT2D eigenvalue weighted by Crippen LogP contribution is -2.23. The lowest BCUT2D eigenvalue weighted by atomic mass is 9.99. The predicted octanol–water partition coefficient (Wildman–Crippen LogP) is 8.01. The van der Waals surface area contributed by atoms with Crippen LogP contribution in [0.5, 0.6) is 0 Å². The van der Waals surface area contributed by atoms with Crippen molar-refractivity contribution in [3.8, 4) is 33.9 Å². The van der Waals surface area contributed by atoms with Crippen molar-refractivity contribution < 1.29 is 19.8 Å². The Kier molecular flexibility index (Phi) is 15.4. The van der Waals surface area contributed by atoms with Crippen LogP contribution in [0, 0.1) is 5.41 Å². The van der Waals surface area contributed by atoms with Crippen LogP contribution in [0.15, 0.2) is 109 Å². The monoisotopic (exact) mass is 673 g/mol. The van der Waals surface area contributed by atoms with Crippen LogP contribution in [0.1, 0.15) is 57.2 Å². The number of aliphatic hydroxyl groups is 1. The number of carbonyl (C=O) groups is 2. The molecule has 9 nitrogen and oxygen atoms in total. The number of aliphatic carboxylic acids is 1. The molecule has 1 amide bonds. The molecule has 7 N–H and O–H groups in total. The number of carboxylic acid groups (broad SMARTS) is 1. The van der Waals surface area contributed by atoms with E-state index < -0.39 is 12.1 Å². The average Bonchev–Trinajstić information content (AvgIpc) is 3.60. The summed E-state index contributed by atoms with van der Waals surface area (Å²) < 4.78 is 0. The molecule has 0 aliphatic rings. The first-order valence-electron chi connectivity index (χ1n) is 16.9. The van der Waals surface area contributed by atoms with Crippen molar-refractivity contribution >= 4 is 29.4 Å². The van der Waals surface area contributed by atoms with E-state index in [4.69, 9.17) is 21.2 Å². The van der Waals surface area contributed by atoms with Gasteiger partial charge < -0.3 is 31.7 Å². The first-order chi connectivity index (χ1) is 24.3. The van der Waals surface area contributed by atoms with Crippen molar-refractivity contribution in [3.05, 3.63) is 126 Å². The van der Waals surface area contributed by atoms with E-state index in [1.54, 1.807) is 18.2 Å². The van der Waals surface area contributed by atoms with E-state index >= 15 is 0 Å². The van der Waals surface area contributed by atoms with Crippen LogP contribution in [0.25, 0.3) is 40.0 Å². The largest absolute Gasteiger partial charge is 0.479 e. The Morgan fingerprint density at radius 3 is 2.08 bits per heavy atom. The number of amides is 1. The number of aromatic amines is 1. The number of H-pyrrole nitrogens is 1. The summed E-state index contributed by atoms with van der Waals surface area (Å²) in [5.74, 6) is -0.855. The third-order valence-corrected chi connectivity index (χ3v) is 7.49. The molecule has 0 spiro atoms. The van der Waals surface area contributed by atoms with E-state index in [2.05, 4.69) is 22.4 Å². The number of anilines is 1. The first-order valence-corrected chi connectivity index (χ1v) is 16.9. The van der Waals surface area contributed by atoms with E-state index in [0.29, 0.717) is 29.3 Å². The van der Waals surface area contributed by atoms with Gasteiger partial charge in [-0.1, -0.05) is 107 Å². The zero-order valence-electron chi connectivity index (χ0n) is 29.1. The molecule has 1 heterocycles. The Morgan fingerprint density at radius 1 is 0.860 bits per heavy atom. The Morgan fingerprint density at radius 2 is 1.46 bits per heavy atom. The summed E-state index contributed by atoms with van der Waals surface area (Å²) in [6, 6.07) is 32.4. The van der Waals surface area contributed by atoms with Gasteiger partial charge in [-0.05, 0) is 59.9 Å². The highest BCUT2D eigenvalue weighted by molar-refractivity contribution is 6.00. The smallest absolute Gasteiger partial charge is 0.332 e. The fourth-order valence-corrected chi connectivity index (χ4v) is 4.94. The maximum atomic E-state index is 12.4. The summed E-state index contributed by atoms with van der Waals surface area (Å²) in [6.07, 6.45) is 3.16. The Balaban J connectivity index is 0.00000163. The molecule has 1 atom stereocenters. The number of nitrogen functional groups attached to an aromatic ring is 1. The topological polar surface area (TPSA) is 165 Å². The second kappa shape index (κ2) is 19.9. The van der Waals surface area contributed by atoms with Gasteiger partial charge in [0.1, 0.15) is 5.82 Å². The number of aromatic nitrogens is 2. The lowest BCUT2D eigenvalue weighted by Gasteiger charge is -2.09. The summed E-state index contributed by atoms with van der Waals surface area (Å²) in [5, 5.41) is 29.8. The fourth-order valence-electron chi connectivity index (χ4n) is 4.94. The van der Waals surface area contributed by atoms with Crippen molar-refractivity contribution in [1.82, 2.24) is 15.3 Å². The minimum atomic E-state index is -1.63. The van der Waals surface area contributed by atoms with E-state index in [0.717, 1.165) is 40.8 Å². The highest BCUT2D eigenvalue weighted by atomic mass is 16.4. The fraction of sp³-hybridized carbons (Fsp3) is 0.220. The maximum absolute atomic E-state index is 12.4. The van der Waals surface area contributed by atoms with Crippen LogP contribution in [0.3, 0.4) is 0 Å². The summed E-state index contributed by atoms with van der Waals surface area (Å²) >= 11 is 0. The predicted molar refractivity (Wildman–Crippen MR) is 204 cm³/mol. The number of carbonyl (C=O) groups excluding carboxylic acids is 1. The van der Waals surface area contributed by atoms with E-state index in [1.165, 1.54) is 11.6 Å². The van der Waals surface area contributed by atoms with Gasteiger partial charge in [-0.2, -0.15) is 0 Å². The number of hydrogen-bond donors (Lipinski definition) is 6. The van der Waals surface area contributed by atoms with E-state index in [1.807, 2.05) is 107 Å². The summed E-state index contributed by atoms with van der Waals surface area (Å²) in [6.45, 7) is 8.60. The molecule has 1 aromatic heterocycles. The molecule has 260 valence electrons. The molecule has 5 rings (SSSR count). The van der Waals surface area contributed by atoms with E-state index in [9.17, 15) is 14.7 Å². The van der Waals surface area contributed by atoms with Gasteiger partial charge in [0.2, 0.25) is 5.91 Å². The number of nitrogens with two attached hydrogens (primary N) is 1. The summed E-state index contributed by atoms with van der Waals surface area (Å²) in [7, 11) is 0. The normalized spacial score (nSPS) is 11.1. The lowest BCUT2D eigenvalue weighted by molar-refractivity contribution is -0.146. The molecular formula is C41H47N5O4. The van der Waals surface area contributed by atoms with Crippen LogP contribution in [-0.2, 0) is 16.0 Å². The quantitative estimate of drug-likeness (QED) is 0.0321. The number of benzene rings is 4. The van der Waals surface area contributed by atoms with Gasteiger partial charge in [-0.25, -0.2) is 9.78 Å². The van der Waals surface area contributed by atoms with Gasteiger partial charge in [0.25, 0.3) is 0 Å². The molecule has 0 fully saturated rings. The number of aliphatic hydroxyl groups excluding tert-OH is 1. The average molecular weight is 674 g/mol. The van der Waals surface area contributed by atoms with Crippen molar-refractivity contribution in [2.45, 2.75) is 53.1 Å². The van der Waals surface area contributed by atoms with Crippen LogP contribution in [0.2, 0.25) is 0 Å². The van der Waals surface area contributed by atoms with E-state index in [-0.39, 0.29) is 18.0 Å². The zero-order chi connectivity index (χ0) is 36.5. The number of aryl methyl sites for hydroxylation is 1. The number of imidazole rings is 1. The van der Waals surface area contributed by atoms with Gasteiger partial charge in [-0.15, -0.1) is 0 Å². The molecule has 0 aliphatic carbocycles. The standard InChI is InChI=1S/C37H35N5O4.2C2H6/c38-30-19-17-29(18-20-30)36-41-34(35(42-36)28-15-13-26(14-16-28)31(39)23-32(43)37(45)46)27-11-8-25(9-12-27)10-21-33(44)40-22-4-7-24-5-2-1-3-6-24;2*1-2/h1-3,5-6,8-21,32,39,43H,4,7,22-23,38H2,(H,40,44)(H,41,42)(H,45,46);2*1-2H3/b21-10+,39-31?;;. The molecule has 0 bridgehead atoms. The molecule has 4 aromatic carbocycles. The highest BCUT2D eigenvalue weighted by Gasteiger charge is 2.18. The molecule has 1 unspecified atom stereocenters. The highest BCUT2D eigenvalue weighted by Crippen LogP contribution is 2.34. The van der Waals surface area contributed by atoms with Crippen LogP contribution in [-0.4, -0.2) is 50.4 Å². The summed E-state index contributed by atoms with van der Waals surface area (Å²) in [4.78, 5) is 31.7. The maximum Gasteiger partial charge on any atom is 0.332 e.